The van der Waals surface area contributed by atoms with Crippen LogP contribution in [0.25, 0.3) is 0 Å². The fourth-order valence-electron chi connectivity index (χ4n) is 1.87. The average molecular weight is 260 g/mol. The molecule has 0 aromatic heterocycles. The van der Waals surface area contributed by atoms with Crippen LogP contribution >= 0.6 is 0 Å². The average Bonchev–Trinajstić information content (AvgIpc) is 2.29. The molecule has 1 N–H and O–H groups in total. The van der Waals surface area contributed by atoms with E-state index in [0.29, 0.717) is 18.8 Å². The van der Waals surface area contributed by atoms with Gasteiger partial charge in [0, 0.05) is 26.2 Å². The quantitative estimate of drug-likeness (QED) is 0.797. The van der Waals surface area contributed by atoms with Crippen LogP contribution in [0.4, 0.5) is 10.1 Å². The Morgan fingerprint density at radius 2 is 1.71 bits per heavy atom. The standard InChI is InChI=1S/C10H13FN2O3S/c11-9-3-1-2-4-10(9)12-5-7-13(8-6-12)17(14,15)16/h1-4H,5-8H2,(H,14,15,16). The maximum absolute atomic E-state index is 13.5. The van der Waals surface area contributed by atoms with Crippen LogP contribution in [0.2, 0.25) is 0 Å². The van der Waals surface area contributed by atoms with Crippen molar-refractivity contribution < 1.29 is 17.4 Å². The third-order valence-electron chi connectivity index (χ3n) is 2.76. The maximum atomic E-state index is 13.5. The number of hydrogen-bond acceptors (Lipinski definition) is 3. The van der Waals surface area contributed by atoms with E-state index >= 15 is 0 Å². The fourth-order valence-corrected chi connectivity index (χ4v) is 2.49. The summed E-state index contributed by atoms with van der Waals surface area (Å²) in [6, 6.07) is 6.35. The first-order valence-electron chi connectivity index (χ1n) is 5.20. The van der Waals surface area contributed by atoms with Crippen molar-refractivity contribution in [1.82, 2.24) is 4.31 Å². The minimum atomic E-state index is -4.13. The predicted molar refractivity (Wildman–Crippen MR) is 61.7 cm³/mol. The highest BCUT2D eigenvalue weighted by Gasteiger charge is 2.25. The van der Waals surface area contributed by atoms with Gasteiger partial charge in [0.05, 0.1) is 5.69 Å². The molecule has 0 aliphatic carbocycles. The summed E-state index contributed by atoms with van der Waals surface area (Å²) in [5, 5.41) is 0. The van der Waals surface area contributed by atoms with Gasteiger partial charge < -0.3 is 4.90 Å². The minimum absolute atomic E-state index is 0.160. The molecule has 17 heavy (non-hydrogen) atoms. The highest BCUT2D eigenvalue weighted by atomic mass is 32.2. The van der Waals surface area contributed by atoms with E-state index < -0.39 is 10.3 Å². The van der Waals surface area contributed by atoms with Crippen molar-refractivity contribution in [3.05, 3.63) is 30.1 Å². The molecule has 1 aliphatic heterocycles. The summed E-state index contributed by atoms with van der Waals surface area (Å²) in [5.74, 6) is -0.326. The van der Waals surface area contributed by atoms with E-state index in [4.69, 9.17) is 4.55 Å². The third kappa shape index (κ3) is 2.74. The van der Waals surface area contributed by atoms with Crippen molar-refractivity contribution >= 4 is 16.0 Å². The molecule has 0 unspecified atom stereocenters. The molecular formula is C10H13FN2O3S. The lowest BCUT2D eigenvalue weighted by molar-refractivity contribution is 0.334. The smallest absolute Gasteiger partial charge is 0.336 e. The summed E-state index contributed by atoms with van der Waals surface area (Å²) in [6.07, 6.45) is 0. The van der Waals surface area contributed by atoms with Gasteiger partial charge in [-0.3, -0.25) is 4.55 Å². The Labute approximate surface area is 99.3 Å². The van der Waals surface area contributed by atoms with Crippen LogP contribution in [0, 0.1) is 5.82 Å². The fraction of sp³-hybridized carbons (Fsp3) is 0.400. The zero-order valence-electron chi connectivity index (χ0n) is 9.08. The van der Waals surface area contributed by atoms with Gasteiger partial charge in [-0.1, -0.05) is 12.1 Å². The number of rotatable bonds is 2. The lowest BCUT2D eigenvalue weighted by Gasteiger charge is -2.34. The maximum Gasteiger partial charge on any atom is 0.336 e. The summed E-state index contributed by atoms with van der Waals surface area (Å²) in [5.41, 5.74) is 0.461. The third-order valence-corrected chi connectivity index (χ3v) is 3.78. The van der Waals surface area contributed by atoms with Crippen LogP contribution < -0.4 is 4.90 Å². The summed E-state index contributed by atoms with van der Waals surface area (Å²) < 4.78 is 45.1. The molecule has 0 saturated carbocycles. The van der Waals surface area contributed by atoms with Crippen molar-refractivity contribution in [3.63, 3.8) is 0 Å². The van der Waals surface area contributed by atoms with Gasteiger partial charge in [-0.05, 0) is 12.1 Å². The Balaban J connectivity index is 2.08. The highest BCUT2D eigenvalue weighted by Crippen LogP contribution is 2.20. The van der Waals surface area contributed by atoms with Crippen LogP contribution in [0.15, 0.2) is 24.3 Å². The minimum Gasteiger partial charge on any atom is -0.367 e. The molecule has 1 aromatic rings. The number of halogens is 1. The molecule has 0 amide bonds. The zero-order chi connectivity index (χ0) is 12.5. The van der Waals surface area contributed by atoms with E-state index in [1.807, 2.05) is 0 Å². The lowest BCUT2D eigenvalue weighted by Crippen LogP contribution is -2.48. The Bertz CT molecular complexity index is 498. The molecule has 1 aliphatic rings. The van der Waals surface area contributed by atoms with E-state index in [1.165, 1.54) is 6.07 Å². The Morgan fingerprint density at radius 3 is 2.24 bits per heavy atom. The lowest BCUT2D eigenvalue weighted by atomic mass is 10.2. The summed E-state index contributed by atoms with van der Waals surface area (Å²) >= 11 is 0. The molecular weight excluding hydrogens is 247 g/mol. The topological polar surface area (TPSA) is 60.9 Å². The summed E-state index contributed by atoms with van der Waals surface area (Å²) in [7, 11) is -4.13. The molecule has 1 saturated heterocycles. The Kier molecular flexibility index (Phi) is 3.32. The van der Waals surface area contributed by atoms with Gasteiger partial charge in [0.15, 0.2) is 0 Å². The van der Waals surface area contributed by atoms with Crippen molar-refractivity contribution in [2.45, 2.75) is 0 Å². The van der Waals surface area contributed by atoms with Gasteiger partial charge in [-0.25, -0.2) is 4.39 Å². The molecule has 94 valence electrons. The van der Waals surface area contributed by atoms with Crippen LogP contribution in [-0.2, 0) is 10.3 Å². The van der Waals surface area contributed by atoms with Gasteiger partial charge in [0.1, 0.15) is 5.82 Å². The molecule has 1 aromatic carbocycles. The Morgan fingerprint density at radius 1 is 1.12 bits per heavy atom. The molecule has 7 heteroatoms. The van der Waals surface area contributed by atoms with Crippen LogP contribution in [0.1, 0.15) is 0 Å². The highest BCUT2D eigenvalue weighted by molar-refractivity contribution is 7.83. The largest absolute Gasteiger partial charge is 0.367 e. The van der Waals surface area contributed by atoms with E-state index in [-0.39, 0.29) is 18.9 Å². The second-order valence-corrected chi connectivity index (χ2v) is 5.23. The predicted octanol–water partition coefficient (Wildman–Crippen LogP) is 0.750. The molecule has 1 fully saturated rings. The summed E-state index contributed by atoms with van der Waals surface area (Å²) in [6.45, 7) is 1.04. The normalized spacial score (nSPS) is 18.4. The SMILES string of the molecule is O=S(=O)(O)N1CCN(c2ccccc2F)CC1. The number of benzene rings is 1. The second kappa shape index (κ2) is 4.59. The first kappa shape index (κ1) is 12.3. The Hall–Kier alpha value is -1.18. The van der Waals surface area contributed by atoms with Gasteiger partial charge in [-0.2, -0.15) is 12.7 Å². The van der Waals surface area contributed by atoms with Crippen LogP contribution in [0.3, 0.4) is 0 Å². The molecule has 0 spiro atoms. The molecule has 2 rings (SSSR count). The van der Waals surface area contributed by atoms with Crippen molar-refractivity contribution in [3.8, 4) is 0 Å². The summed E-state index contributed by atoms with van der Waals surface area (Å²) in [4.78, 5) is 1.76. The number of hydrogen-bond donors (Lipinski definition) is 1. The number of para-hydroxylation sites is 1. The van der Waals surface area contributed by atoms with E-state index in [2.05, 4.69) is 0 Å². The van der Waals surface area contributed by atoms with E-state index in [0.717, 1.165) is 4.31 Å². The van der Waals surface area contributed by atoms with Crippen LogP contribution in [0.5, 0.6) is 0 Å². The van der Waals surface area contributed by atoms with Gasteiger partial charge in [0.2, 0.25) is 0 Å². The van der Waals surface area contributed by atoms with Gasteiger partial charge >= 0.3 is 10.3 Å². The van der Waals surface area contributed by atoms with Crippen molar-refractivity contribution in [1.29, 1.82) is 0 Å². The monoisotopic (exact) mass is 260 g/mol. The second-order valence-electron chi connectivity index (χ2n) is 3.82. The first-order chi connectivity index (χ1) is 7.98. The van der Waals surface area contributed by atoms with E-state index in [9.17, 15) is 12.8 Å². The molecule has 0 atom stereocenters. The molecule has 0 bridgehead atoms. The first-order valence-corrected chi connectivity index (χ1v) is 6.60. The van der Waals surface area contributed by atoms with Gasteiger partial charge in [0.25, 0.3) is 0 Å². The number of piperazine rings is 1. The number of anilines is 1. The van der Waals surface area contributed by atoms with Crippen molar-refractivity contribution in [2.24, 2.45) is 0 Å². The van der Waals surface area contributed by atoms with Gasteiger partial charge in [-0.15, -0.1) is 0 Å². The zero-order valence-corrected chi connectivity index (χ0v) is 9.90. The molecule has 1 heterocycles. The van der Waals surface area contributed by atoms with Crippen LogP contribution in [-0.4, -0.2) is 43.5 Å². The van der Waals surface area contributed by atoms with Crippen molar-refractivity contribution in [2.75, 3.05) is 31.1 Å². The molecule has 0 radical (unpaired) electrons. The van der Waals surface area contributed by atoms with E-state index in [1.54, 1.807) is 23.1 Å². The molecule has 5 nitrogen and oxygen atoms in total. The number of nitrogens with zero attached hydrogens (tertiary/aromatic N) is 2.